The molecule has 0 atom stereocenters. The highest BCUT2D eigenvalue weighted by atomic mass is 16.6. The van der Waals surface area contributed by atoms with E-state index in [-0.39, 0.29) is 18.1 Å². The zero-order valence-electron chi connectivity index (χ0n) is 15.9. The Balaban J connectivity index is 1.40. The van der Waals surface area contributed by atoms with Crippen LogP contribution in [0.3, 0.4) is 0 Å². The molecule has 1 aromatic carbocycles. The number of nitrogens with zero attached hydrogens (tertiary/aromatic N) is 5. The molecule has 0 unspecified atom stereocenters. The highest BCUT2D eigenvalue weighted by Crippen LogP contribution is 2.28. The molecule has 0 saturated carbocycles. The number of piperidine rings is 1. The molecule has 1 saturated heterocycles. The van der Waals surface area contributed by atoms with Crippen molar-refractivity contribution >= 4 is 22.6 Å². The van der Waals surface area contributed by atoms with Crippen LogP contribution in [0.5, 0.6) is 0 Å². The van der Waals surface area contributed by atoms with E-state index in [1.165, 1.54) is 4.68 Å². The minimum absolute atomic E-state index is 0.0172. The molecule has 9 nitrogen and oxygen atoms in total. The summed E-state index contributed by atoms with van der Waals surface area (Å²) in [5, 5.41) is 15.3. The molecule has 3 aromatic rings. The van der Waals surface area contributed by atoms with Crippen molar-refractivity contribution in [2.24, 2.45) is 0 Å². The van der Waals surface area contributed by atoms with Gasteiger partial charge in [0.05, 0.1) is 16.0 Å². The van der Waals surface area contributed by atoms with Crippen molar-refractivity contribution in [1.29, 1.82) is 0 Å². The van der Waals surface area contributed by atoms with Crippen molar-refractivity contribution in [2.45, 2.75) is 39.2 Å². The normalized spacial score (nSPS) is 15.3. The number of H-pyrrole nitrogens is 1. The van der Waals surface area contributed by atoms with Gasteiger partial charge < -0.3 is 9.88 Å². The summed E-state index contributed by atoms with van der Waals surface area (Å²) in [6.45, 7) is 4.52. The number of para-hydroxylation sites is 2. The van der Waals surface area contributed by atoms with Crippen molar-refractivity contribution in [3.63, 3.8) is 0 Å². The number of nitrogens with one attached hydrogen (secondary N) is 1. The molecule has 2 aromatic heterocycles. The van der Waals surface area contributed by atoms with Crippen LogP contribution in [-0.2, 0) is 11.3 Å². The zero-order valence-corrected chi connectivity index (χ0v) is 15.9. The largest absolute Gasteiger partial charge is 0.342 e. The molecule has 1 fully saturated rings. The monoisotopic (exact) mass is 382 g/mol. The van der Waals surface area contributed by atoms with E-state index in [1.54, 1.807) is 18.7 Å². The number of amides is 1. The lowest BCUT2D eigenvalue weighted by molar-refractivity contribution is -0.386. The Morgan fingerprint density at radius 1 is 1.29 bits per heavy atom. The van der Waals surface area contributed by atoms with Crippen LogP contribution in [0, 0.1) is 24.0 Å². The second-order valence-electron chi connectivity index (χ2n) is 7.23. The summed E-state index contributed by atoms with van der Waals surface area (Å²) in [4.78, 5) is 33.2. The minimum atomic E-state index is -0.447. The highest BCUT2D eigenvalue weighted by molar-refractivity contribution is 5.76. The average Bonchev–Trinajstić information content (AvgIpc) is 3.22. The molecule has 0 spiro atoms. The summed E-state index contributed by atoms with van der Waals surface area (Å²) in [6.07, 6.45) is 1.67. The van der Waals surface area contributed by atoms with Gasteiger partial charge in [-0.25, -0.2) is 4.98 Å². The van der Waals surface area contributed by atoms with Crippen molar-refractivity contribution in [3.05, 3.63) is 51.6 Å². The number of benzene rings is 1. The second kappa shape index (κ2) is 7.06. The van der Waals surface area contributed by atoms with Crippen molar-refractivity contribution < 1.29 is 9.72 Å². The van der Waals surface area contributed by atoms with Gasteiger partial charge in [0.25, 0.3) is 0 Å². The van der Waals surface area contributed by atoms with Crippen LogP contribution in [0.15, 0.2) is 24.3 Å². The maximum atomic E-state index is 12.7. The Kier molecular flexibility index (Phi) is 4.58. The predicted molar refractivity (Wildman–Crippen MR) is 103 cm³/mol. The van der Waals surface area contributed by atoms with Crippen molar-refractivity contribution in [1.82, 2.24) is 24.6 Å². The molecule has 3 heterocycles. The fourth-order valence-electron chi connectivity index (χ4n) is 3.90. The second-order valence-corrected chi connectivity index (χ2v) is 7.23. The van der Waals surface area contributed by atoms with E-state index in [1.807, 2.05) is 24.3 Å². The van der Waals surface area contributed by atoms with Crippen LogP contribution in [0.4, 0.5) is 5.69 Å². The summed E-state index contributed by atoms with van der Waals surface area (Å²) < 4.78 is 1.43. The van der Waals surface area contributed by atoms with Crippen molar-refractivity contribution in [3.8, 4) is 0 Å². The molecule has 9 heteroatoms. The molecule has 28 heavy (non-hydrogen) atoms. The summed E-state index contributed by atoms with van der Waals surface area (Å²) in [7, 11) is 0. The van der Waals surface area contributed by atoms with E-state index in [2.05, 4.69) is 15.1 Å². The smallest absolute Gasteiger partial charge is 0.312 e. The first-order valence-corrected chi connectivity index (χ1v) is 9.35. The van der Waals surface area contributed by atoms with Gasteiger partial charge in [-0.2, -0.15) is 5.10 Å². The Morgan fingerprint density at radius 2 is 2.00 bits per heavy atom. The number of nitro groups is 1. The number of fused-ring (bicyclic) bond motifs is 1. The van der Waals surface area contributed by atoms with Crippen LogP contribution in [-0.4, -0.2) is 48.6 Å². The van der Waals surface area contributed by atoms with Gasteiger partial charge in [-0.05, 0) is 38.8 Å². The maximum Gasteiger partial charge on any atom is 0.312 e. The number of aromatic amines is 1. The first-order chi connectivity index (χ1) is 13.4. The molecule has 146 valence electrons. The number of carbonyl (C=O) groups excluding carboxylic acids is 1. The molecular weight excluding hydrogens is 360 g/mol. The van der Waals surface area contributed by atoms with Gasteiger partial charge in [0, 0.05) is 19.0 Å². The summed E-state index contributed by atoms with van der Waals surface area (Å²) in [5.74, 6) is 1.21. The fourth-order valence-corrected chi connectivity index (χ4v) is 3.90. The first kappa shape index (κ1) is 18.1. The molecule has 0 aliphatic carbocycles. The fraction of sp³-hybridized carbons (Fsp3) is 0.421. The Labute approximate surface area is 161 Å². The van der Waals surface area contributed by atoms with Gasteiger partial charge in [-0.3, -0.25) is 19.6 Å². The number of aryl methyl sites for hydroxylation is 1. The third kappa shape index (κ3) is 3.23. The molecular formula is C19H22N6O3. The SMILES string of the molecule is Cc1nn(CC(=O)N2CCC(c3nc4ccccc4[nH]3)CC2)c(C)c1[N+](=O)[O-]. The van der Waals surface area contributed by atoms with E-state index in [0.717, 1.165) is 29.7 Å². The number of rotatable bonds is 4. The van der Waals surface area contributed by atoms with E-state index in [9.17, 15) is 14.9 Å². The topological polar surface area (TPSA) is 110 Å². The van der Waals surface area contributed by atoms with Gasteiger partial charge in [-0.1, -0.05) is 12.1 Å². The van der Waals surface area contributed by atoms with Crippen molar-refractivity contribution in [2.75, 3.05) is 13.1 Å². The Hall–Kier alpha value is -3.23. The molecule has 0 radical (unpaired) electrons. The predicted octanol–water partition coefficient (Wildman–Crippen LogP) is 2.69. The third-order valence-electron chi connectivity index (χ3n) is 5.45. The number of aromatic nitrogens is 4. The lowest BCUT2D eigenvalue weighted by Crippen LogP contribution is -2.40. The average molecular weight is 382 g/mol. The Bertz CT molecular complexity index is 1010. The van der Waals surface area contributed by atoms with E-state index in [4.69, 9.17) is 0 Å². The zero-order chi connectivity index (χ0) is 19.8. The number of carbonyl (C=O) groups is 1. The van der Waals surface area contributed by atoms with Crippen LogP contribution in [0.25, 0.3) is 11.0 Å². The quantitative estimate of drug-likeness (QED) is 0.551. The first-order valence-electron chi connectivity index (χ1n) is 9.35. The van der Waals surface area contributed by atoms with Gasteiger partial charge in [0.1, 0.15) is 23.8 Å². The molecule has 1 N–H and O–H groups in total. The van der Waals surface area contributed by atoms with E-state index >= 15 is 0 Å². The van der Waals surface area contributed by atoms with Gasteiger partial charge in [-0.15, -0.1) is 0 Å². The van der Waals surface area contributed by atoms with Gasteiger partial charge in [0.15, 0.2) is 0 Å². The number of hydrogen-bond donors (Lipinski definition) is 1. The summed E-state index contributed by atoms with van der Waals surface area (Å²) >= 11 is 0. The van der Waals surface area contributed by atoms with Gasteiger partial charge >= 0.3 is 5.69 Å². The molecule has 4 rings (SSSR count). The number of imidazole rings is 1. The molecule has 1 aliphatic heterocycles. The lowest BCUT2D eigenvalue weighted by atomic mass is 9.96. The van der Waals surface area contributed by atoms with Crippen LogP contribution in [0.1, 0.15) is 36.0 Å². The van der Waals surface area contributed by atoms with Gasteiger partial charge in [0.2, 0.25) is 5.91 Å². The summed E-state index contributed by atoms with van der Waals surface area (Å²) in [5.41, 5.74) is 2.72. The Morgan fingerprint density at radius 3 is 2.64 bits per heavy atom. The molecule has 1 aliphatic rings. The number of likely N-dealkylation sites (tertiary alicyclic amines) is 1. The standard InChI is InChI=1S/C19H22N6O3/c1-12-18(25(27)28)13(2)24(22-12)11-17(26)23-9-7-14(8-10-23)19-20-15-5-3-4-6-16(15)21-19/h3-6,14H,7-11H2,1-2H3,(H,20,21). The van der Waals surface area contributed by atoms with Crippen LogP contribution >= 0.6 is 0 Å². The van der Waals surface area contributed by atoms with E-state index < -0.39 is 4.92 Å². The van der Waals surface area contributed by atoms with Crippen LogP contribution in [0.2, 0.25) is 0 Å². The van der Waals surface area contributed by atoms with E-state index in [0.29, 0.717) is 30.4 Å². The molecule has 0 bridgehead atoms. The maximum absolute atomic E-state index is 12.7. The molecule has 1 amide bonds. The minimum Gasteiger partial charge on any atom is -0.342 e. The summed E-state index contributed by atoms with van der Waals surface area (Å²) in [6, 6.07) is 7.95. The van der Waals surface area contributed by atoms with Crippen LogP contribution < -0.4 is 0 Å². The highest BCUT2D eigenvalue weighted by Gasteiger charge is 2.28. The number of hydrogen-bond acceptors (Lipinski definition) is 5. The third-order valence-corrected chi connectivity index (χ3v) is 5.45. The lowest BCUT2D eigenvalue weighted by Gasteiger charge is -2.31.